The van der Waals surface area contributed by atoms with Crippen LogP contribution in [0.1, 0.15) is 48.6 Å². The number of aromatic nitrogens is 2. The maximum absolute atomic E-state index is 13.5. The highest BCUT2D eigenvalue weighted by Gasteiger charge is 2.29. The van der Waals surface area contributed by atoms with Gasteiger partial charge in [-0.3, -0.25) is 13.9 Å². The molecule has 0 amide bonds. The lowest BCUT2D eigenvalue weighted by Crippen LogP contribution is -3.08. The van der Waals surface area contributed by atoms with Crippen LogP contribution in [0.25, 0.3) is 10.2 Å². The van der Waals surface area contributed by atoms with Gasteiger partial charge in [-0.2, -0.15) is 0 Å². The number of thiophene rings is 1. The van der Waals surface area contributed by atoms with Crippen molar-refractivity contribution in [1.29, 1.82) is 0 Å². The summed E-state index contributed by atoms with van der Waals surface area (Å²) in [4.78, 5) is 31.9. The molecule has 2 N–H and O–H groups in total. The van der Waals surface area contributed by atoms with E-state index in [-0.39, 0.29) is 17.3 Å². The molecule has 1 atom stereocenters. The molecule has 2 aromatic rings. The molecule has 0 aromatic carbocycles. The fraction of sp³-hybridized carbons (Fsp3) is 0.700. The Kier molecular flexibility index (Phi) is 5.27. The van der Waals surface area contributed by atoms with Crippen LogP contribution in [-0.2, 0) is 19.5 Å². The summed E-state index contributed by atoms with van der Waals surface area (Å²) in [6.45, 7) is 3.58. The summed E-state index contributed by atoms with van der Waals surface area (Å²) in [5.41, 5.74) is 1.12. The van der Waals surface area contributed by atoms with Crippen molar-refractivity contribution < 1.29 is 9.80 Å². The van der Waals surface area contributed by atoms with E-state index in [1.807, 2.05) is 4.57 Å². The Hall–Kier alpha value is -1.44. The van der Waals surface area contributed by atoms with E-state index in [0.717, 1.165) is 62.0 Å². The molecule has 2 aliphatic rings. The summed E-state index contributed by atoms with van der Waals surface area (Å²) in [5, 5.41) is 0.849. The quantitative estimate of drug-likeness (QED) is 0.733. The normalized spacial score (nSPS) is 21.1. The summed E-state index contributed by atoms with van der Waals surface area (Å²) in [6.07, 6.45) is 6.31. The second kappa shape index (κ2) is 7.53. The highest BCUT2D eigenvalue weighted by atomic mass is 32.1. The lowest BCUT2D eigenvalue weighted by atomic mass is 9.95. The number of nitrogens with zero attached hydrogens (tertiary/aromatic N) is 2. The molecule has 1 aliphatic carbocycles. The van der Waals surface area contributed by atoms with E-state index in [1.165, 1.54) is 26.7 Å². The molecule has 1 aliphatic heterocycles. The zero-order valence-corrected chi connectivity index (χ0v) is 17.6. The Labute approximate surface area is 164 Å². The third-order valence-electron chi connectivity index (χ3n) is 6.23. The van der Waals surface area contributed by atoms with Gasteiger partial charge in [0, 0.05) is 12.5 Å². The van der Waals surface area contributed by atoms with Crippen molar-refractivity contribution in [2.45, 2.75) is 57.7 Å². The van der Waals surface area contributed by atoms with Gasteiger partial charge >= 0.3 is 5.69 Å². The van der Waals surface area contributed by atoms with E-state index in [1.54, 1.807) is 15.9 Å². The Morgan fingerprint density at radius 3 is 2.63 bits per heavy atom. The highest BCUT2D eigenvalue weighted by molar-refractivity contribution is 7.18. The summed E-state index contributed by atoms with van der Waals surface area (Å²) in [6, 6.07) is 0.0774. The first kappa shape index (κ1) is 18.9. The second-order valence-corrected chi connectivity index (χ2v) is 9.76. The molecule has 0 radical (unpaired) electrons. The van der Waals surface area contributed by atoms with Crippen molar-refractivity contribution in [1.82, 2.24) is 9.13 Å². The van der Waals surface area contributed by atoms with E-state index in [0.29, 0.717) is 6.54 Å². The van der Waals surface area contributed by atoms with Crippen molar-refractivity contribution in [3.63, 3.8) is 0 Å². The zero-order chi connectivity index (χ0) is 19.1. The molecule has 6 nitrogen and oxygen atoms in total. The SMILES string of the molecule is C[NH+](C)CCn1c(=O)n(C2CCCCC2)c(=O)c2c3c(sc21)C[NH+](C)CC3. The average molecular weight is 393 g/mol. The topological polar surface area (TPSA) is 52.9 Å². The van der Waals surface area contributed by atoms with Gasteiger partial charge in [-0.25, -0.2) is 4.79 Å². The van der Waals surface area contributed by atoms with Crippen LogP contribution in [0.3, 0.4) is 0 Å². The van der Waals surface area contributed by atoms with Crippen LogP contribution in [0.5, 0.6) is 0 Å². The van der Waals surface area contributed by atoms with Crippen molar-refractivity contribution in [3.05, 3.63) is 31.3 Å². The number of quaternary nitrogens is 2. The molecule has 1 unspecified atom stereocenters. The number of likely N-dealkylation sites (N-methyl/N-ethyl adjacent to an activating group) is 2. The molecular formula is C20H32N4O2S+2. The minimum Gasteiger partial charge on any atom is -0.338 e. The molecule has 4 rings (SSSR count). The molecule has 1 fully saturated rings. The minimum absolute atomic E-state index is 0.0209. The Balaban J connectivity index is 1.94. The predicted octanol–water partition coefficient (Wildman–Crippen LogP) is -0.555. The van der Waals surface area contributed by atoms with Gasteiger partial charge in [0.05, 0.1) is 51.0 Å². The molecule has 2 aromatic heterocycles. The molecule has 0 spiro atoms. The Morgan fingerprint density at radius 2 is 1.93 bits per heavy atom. The largest absolute Gasteiger partial charge is 0.338 e. The molecule has 7 heteroatoms. The highest BCUT2D eigenvalue weighted by Crippen LogP contribution is 2.31. The van der Waals surface area contributed by atoms with Gasteiger partial charge in [0.25, 0.3) is 5.56 Å². The Bertz CT molecular complexity index is 950. The van der Waals surface area contributed by atoms with Crippen LogP contribution >= 0.6 is 11.3 Å². The standard InChI is InChI=1S/C20H30N4O2S/c1-21(2)11-12-23-19-17(15-9-10-22(3)13-16(15)27-19)18(25)24(20(23)26)14-7-5-4-6-8-14/h14H,4-13H2,1-3H3/p+2. The van der Waals surface area contributed by atoms with Crippen molar-refractivity contribution in [3.8, 4) is 0 Å². The summed E-state index contributed by atoms with van der Waals surface area (Å²) in [5.74, 6) is 0. The number of hydrogen-bond acceptors (Lipinski definition) is 3. The van der Waals surface area contributed by atoms with E-state index in [9.17, 15) is 9.59 Å². The van der Waals surface area contributed by atoms with Gasteiger partial charge in [-0.05, 0) is 18.4 Å². The molecule has 0 saturated heterocycles. The van der Waals surface area contributed by atoms with Gasteiger partial charge in [-0.1, -0.05) is 19.3 Å². The van der Waals surface area contributed by atoms with Crippen LogP contribution in [0.15, 0.2) is 9.59 Å². The third kappa shape index (κ3) is 3.41. The average Bonchev–Trinajstić information content (AvgIpc) is 3.00. The van der Waals surface area contributed by atoms with Crippen molar-refractivity contribution in [2.24, 2.45) is 0 Å². The molecule has 0 bridgehead atoms. The van der Waals surface area contributed by atoms with Crippen LogP contribution in [0.2, 0.25) is 0 Å². The summed E-state index contributed by atoms with van der Waals surface area (Å²) < 4.78 is 3.54. The first-order valence-corrected chi connectivity index (χ1v) is 11.2. The first-order valence-electron chi connectivity index (χ1n) is 10.4. The third-order valence-corrected chi connectivity index (χ3v) is 7.48. The predicted molar refractivity (Wildman–Crippen MR) is 109 cm³/mol. The van der Waals surface area contributed by atoms with Gasteiger partial charge in [0.1, 0.15) is 11.4 Å². The van der Waals surface area contributed by atoms with E-state index < -0.39 is 0 Å². The first-order chi connectivity index (χ1) is 13.0. The lowest BCUT2D eigenvalue weighted by Gasteiger charge is -2.24. The van der Waals surface area contributed by atoms with Crippen molar-refractivity contribution in [2.75, 3.05) is 34.2 Å². The van der Waals surface area contributed by atoms with Crippen LogP contribution in [0.4, 0.5) is 0 Å². The van der Waals surface area contributed by atoms with Crippen LogP contribution in [-0.4, -0.2) is 43.4 Å². The van der Waals surface area contributed by atoms with E-state index in [4.69, 9.17) is 0 Å². The van der Waals surface area contributed by atoms with Crippen LogP contribution < -0.4 is 21.0 Å². The number of fused-ring (bicyclic) bond motifs is 3. The summed E-state index contributed by atoms with van der Waals surface area (Å²) >= 11 is 1.68. The van der Waals surface area contributed by atoms with E-state index >= 15 is 0 Å². The maximum atomic E-state index is 13.5. The van der Waals surface area contributed by atoms with E-state index in [2.05, 4.69) is 21.1 Å². The monoisotopic (exact) mass is 392 g/mol. The fourth-order valence-corrected chi connectivity index (χ4v) is 6.11. The number of nitrogens with one attached hydrogen (secondary N) is 2. The molecular weight excluding hydrogens is 360 g/mol. The van der Waals surface area contributed by atoms with Gasteiger partial charge in [-0.15, -0.1) is 11.3 Å². The smallest absolute Gasteiger partial charge is 0.332 e. The number of rotatable bonds is 4. The Morgan fingerprint density at radius 1 is 1.19 bits per heavy atom. The van der Waals surface area contributed by atoms with Crippen molar-refractivity contribution >= 4 is 21.6 Å². The van der Waals surface area contributed by atoms with Gasteiger partial charge in [0.2, 0.25) is 0 Å². The molecule has 1 saturated carbocycles. The molecule has 27 heavy (non-hydrogen) atoms. The van der Waals surface area contributed by atoms with Crippen LogP contribution in [0, 0.1) is 0 Å². The lowest BCUT2D eigenvalue weighted by molar-refractivity contribution is -0.895. The minimum atomic E-state index is -0.0834. The number of hydrogen-bond donors (Lipinski definition) is 2. The fourth-order valence-electron chi connectivity index (χ4n) is 4.63. The molecule has 148 valence electrons. The zero-order valence-electron chi connectivity index (χ0n) is 16.8. The van der Waals surface area contributed by atoms with Gasteiger partial charge in [0.15, 0.2) is 0 Å². The second-order valence-electron chi connectivity index (χ2n) is 8.68. The molecule has 3 heterocycles. The van der Waals surface area contributed by atoms with Gasteiger partial charge < -0.3 is 9.80 Å². The maximum Gasteiger partial charge on any atom is 0.332 e. The summed E-state index contributed by atoms with van der Waals surface area (Å²) in [7, 11) is 6.42.